The van der Waals surface area contributed by atoms with Crippen molar-refractivity contribution in [3.05, 3.63) is 52.5 Å². The molecule has 31 heavy (non-hydrogen) atoms. The number of hydrogen-bond acceptors (Lipinski definition) is 4. The topological polar surface area (TPSA) is 69.7 Å². The van der Waals surface area contributed by atoms with Crippen LogP contribution in [0.5, 0.6) is 0 Å². The van der Waals surface area contributed by atoms with E-state index in [2.05, 4.69) is 10.2 Å². The number of nitrogens with one attached hydrogen (secondary N) is 1. The number of piperidine rings is 1. The number of rotatable bonds is 8. The van der Waals surface area contributed by atoms with Crippen molar-refractivity contribution in [3.8, 4) is 0 Å². The average Bonchev–Trinajstić information content (AvgIpc) is 2.73. The van der Waals surface area contributed by atoms with Crippen molar-refractivity contribution < 1.29 is 13.2 Å². The molecule has 1 saturated heterocycles. The van der Waals surface area contributed by atoms with Gasteiger partial charge in [0.1, 0.15) is 0 Å². The van der Waals surface area contributed by atoms with Gasteiger partial charge in [0.25, 0.3) is 0 Å². The fourth-order valence-corrected chi connectivity index (χ4v) is 5.06. The smallest absolute Gasteiger partial charge is 0.232 e. The van der Waals surface area contributed by atoms with Crippen molar-refractivity contribution in [2.24, 2.45) is 0 Å². The van der Waals surface area contributed by atoms with Crippen LogP contribution in [0.15, 0.2) is 42.5 Å². The highest BCUT2D eigenvalue weighted by atomic mass is 35.5. The minimum Gasteiger partial charge on any atom is -0.372 e. The number of hydrogen-bond donors (Lipinski definition) is 1. The fourth-order valence-electron chi connectivity index (χ4n) is 3.66. The lowest BCUT2D eigenvalue weighted by atomic mass is 10.1. The molecule has 0 radical (unpaired) electrons. The number of carbonyl (C=O) groups excluding carboxylic acids is 1. The number of sulfonamides is 1. The first-order valence-corrected chi connectivity index (χ1v) is 12.9. The number of anilines is 3. The van der Waals surface area contributed by atoms with E-state index in [1.54, 1.807) is 12.1 Å². The van der Waals surface area contributed by atoms with Crippen molar-refractivity contribution in [1.82, 2.24) is 0 Å². The van der Waals surface area contributed by atoms with Gasteiger partial charge < -0.3 is 10.2 Å². The molecule has 2 aromatic rings. The first kappa shape index (κ1) is 23.7. The maximum Gasteiger partial charge on any atom is 0.232 e. The Labute approximate surface area is 194 Å². The van der Waals surface area contributed by atoms with E-state index >= 15 is 0 Å². The first-order valence-electron chi connectivity index (χ1n) is 10.3. The second-order valence-electron chi connectivity index (χ2n) is 7.68. The highest BCUT2D eigenvalue weighted by Crippen LogP contribution is 2.31. The van der Waals surface area contributed by atoms with Crippen LogP contribution in [0, 0.1) is 0 Å². The Hall–Kier alpha value is -1.96. The van der Waals surface area contributed by atoms with Crippen LogP contribution in [0.1, 0.15) is 32.1 Å². The molecule has 1 heterocycles. The predicted octanol–water partition coefficient (Wildman–Crippen LogP) is 5.17. The average molecular weight is 484 g/mol. The Balaban J connectivity index is 1.55. The van der Waals surface area contributed by atoms with E-state index in [9.17, 15) is 13.2 Å². The van der Waals surface area contributed by atoms with Crippen molar-refractivity contribution in [3.63, 3.8) is 0 Å². The van der Waals surface area contributed by atoms with Crippen LogP contribution in [-0.4, -0.2) is 40.2 Å². The minimum absolute atomic E-state index is 0.125. The van der Waals surface area contributed by atoms with E-state index in [1.807, 2.05) is 24.3 Å². The Morgan fingerprint density at radius 3 is 2.39 bits per heavy atom. The Kier molecular flexibility index (Phi) is 8.08. The summed E-state index contributed by atoms with van der Waals surface area (Å²) in [5, 5.41) is 3.55. The quantitative estimate of drug-likeness (QED) is 0.562. The van der Waals surface area contributed by atoms with E-state index < -0.39 is 10.0 Å². The van der Waals surface area contributed by atoms with Gasteiger partial charge >= 0.3 is 0 Å². The molecule has 1 amide bonds. The maximum atomic E-state index is 12.4. The number of carbonyl (C=O) groups is 1. The molecule has 2 aromatic carbocycles. The van der Waals surface area contributed by atoms with Crippen LogP contribution in [0.25, 0.3) is 0 Å². The zero-order valence-electron chi connectivity index (χ0n) is 17.5. The largest absolute Gasteiger partial charge is 0.372 e. The molecule has 1 N–H and O–H groups in total. The second-order valence-corrected chi connectivity index (χ2v) is 10.4. The minimum atomic E-state index is -3.58. The SMILES string of the molecule is CS(=O)(=O)N(CCCC(=O)Nc1ccc(N2CCCCC2)cc1)c1cc(Cl)ccc1Cl. The molecule has 0 aliphatic carbocycles. The lowest BCUT2D eigenvalue weighted by Crippen LogP contribution is -2.31. The molecule has 168 valence electrons. The Bertz CT molecular complexity index is 1010. The molecule has 0 bridgehead atoms. The molecular weight excluding hydrogens is 457 g/mol. The van der Waals surface area contributed by atoms with Gasteiger partial charge in [-0.25, -0.2) is 8.42 Å². The molecule has 0 spiro atoms. The van der Waals surface area contributed by atoms with Gasteiger partial charge in [-0.3, -0.25) is 9.10 Å². The highest BCUT2D eigenvalue weighted by molar-refractivity contribution is 7.92. The molecule has 1 aliphatic rings. The summed E-state index contributed by atoms with van der Waals surface area (Å²) < 4.78 is 25.7. The van der Waals surface area contributed by atoms with Crippen LogP contribution >= 0.6 is 23.2 Å². The van der Waals surface area contributed by atoms with Gasteiger partial charge in [-0.05, 0) is 68.1 Å². The summed E-state index contributed by atoms with van der Waals surface area (Å²) in [4.78, 5) is 14.7. The lowest BCUT2D eigenvalue weighted by molar-refractivity contribution is -0.116. The van der Waals surface area contributed by atoms with Crippen LogP contribution in [0.2, 0.25) is 10.0 Å². The number of halogens is 2. The molecule has 9 heteroatoms. The third-order valence-corrected chi connectivity index (χ3v) is 6.95. The van der Waals surface area contributed by atoms with Gasteiger partial charge in [0, 0.05) is 42.5 Å². The van der Waals surface area contributed by atoms with Gasteiger partial charge in [-0.15, -0.1) is 0 Å². The van der Waals surface area contributed by atoms with Crippen LogP contribution in [0.3, 0.4) is 0 Å². The monoisotopic (exact) mass is 483 g/mol. The van der Waals surface area contributed by atoms with Gasteiger partial charge in [-0.2, -0.15) is 0 Å². The van der Waals surface area contributed by atoms with E-state index in [0.29, 0.717) is 17.1 Å². The third kappa shape index (κ3) is 6.76. The molecule has 1 aliphatic heterocycles. The Morgan fingerprint density at radius 2 is 1.74 bits per heavy atom. The zero-order chi connectivity index (χ0) is 22.4. The number of amides is 1. The van der Waals surface area contributed by atoms with Crippen LogP contribution < -0.4 is 14.5 Å². The summed E-state index contributed by atoms with van der Waals surface area (Å²) in [6.45, 7) is 2.26. The number of nitrogens with zero attached hydrogens (tertiary/aromatic N) is 2. The predicted molar refractivity (Wildman–Crippen MR) is 129 cm³/mol. The van der Waals surface area contributed by atoms with E-state index in [1.165, 1.54) is 35.3 Å². The van der Waals surface area contributed by atoms with Gasteiger partial charge in [0.15, 0.2) is 0 Å². The molecule has 6 nitrogen and oxygen atoms in total. The molecule has 0 aromatic heterocycles. The maximum absolute atomic E-state index is 12.4. The highest BCUT2D eigenvalue weighted by Gasteiger charge is 2.20. The van der Waals surface area contributed by atoms with Gasteiger partial charge in [0.05, 0.1) is 17.0 Å². The molecule has 0 atom stereocenters. The summed E-state index contributed by atoms with van der Waals surface area (Å²) in [5.41, 5.74) is 2.20. The van der Waals surface area contributed by atoms with Crippen LogP contribution in [0.4, 0.5) is 17.1 Å². The summed E-state index contributed by atoms with van der Waals surface area (Å²) in [6.07, 6.45) is 5.33. The normalized spacial score (nSPS) is 14.4. The third-order valence-electron chi connectivity index (χ3n) is 5.21. The van der Waals surface area contributed by atoms with E-state index in [0.717, 1.165) is 25.0 Å². The van der Waals surface area contributed by atoms with E-state index in [-0.39, 0.29) is 23.9 Å². The second kappa shape index (κ2) is 10.6. The van der Waals surface area contributed by atoms with Crippen molar-refractivity contribution >= 4 is 56.2 Å². The van der Waals surface area contributed by atoms with Gasteiger partial charge in [0.2, 0.25) is 15.9 Å². The number of benzene rings is 2. The fraction of sp³-hybridized carbons (Fsp3) is 0.409. The molecule has 1 fully saturated rings. The van der Waals surface area contributed by atoms with Gasteiger partial charge in [-0.1, -0.05) is 23.2 Å². The summed E-state index contributed by atoms with van der Waals surface area (Å²) in [7, 11) is -3.58. The van der Waals surface area contributed by atoms with E-state index in [4.69, 9.17) is 23.2 Å². The lowest BCUT2D eigenvalue weighted by Gasteiger charge is -2.28. The first-order chi connectivity index (χ1) is 14.7. The molecular formula is C22H27Cl2N3O3S. The summed E-state index contributed by atoms with van der Waals surface area (Å²) >= 11 is 12.2. The van der Waals surface area contributed by atoms with Crippen molar-refractivity contribution in [2.75, 3.05) is 40.4 Å². The van der Waals surface area contributed by atoms with Crippen LogP contribution in [-0.2, 0) is 14.8 Å². The summed E-state index contributed by atoms with van der Waals surface area (Å²) in [6, 6.07) is 12.5. The molecule has 0 saturated carbocycles. The molecule has 3 rings (SSSR count). The molecule has 0 unspecified atom stereocenters. The van der Waals surface area contributed by atoms with Crippen molar-refractivity contribution in [1.29, 1.82) is 0 Å². The van der Waals surface area contributed by atoms with Crippen molar-refractivity contribution in [2.45, 2.75) is 32.1 Å². The summed E-state index contributed by atoms with van der Waals surface area (Å²) in [5.74, 6) is -0.170. The zero-order valence-corrected chi connectivity index (χ0v) is 19.8. The Morgan fingerprint density at radius 1 is 1.06 bits per heavy atom. The standard InChI is InChI=1S/C22H27Cl2N3O3S/c1-31(29,30)27(21-16-17(23)7-12-20(21)24)15-5-6-22(28)25-18-8-10-19(11-9-18)26-13-3-2-4-14-26/h7-12,16H,2-6,13-15H2,1H3,(H,25,28).